The Morgan fingerprint density at radius 1 is 1.10 bits per heavy atom. The van der Waals surface area contributed by atoms with Crippen molar-refractivity contribution in [1.29, 1.82) is 0 Å². The molecule has 0 fully saturated rings. The molecule has 21 heavy (non-hydrogen) atoms. The van der Waals surface area contributed by atoms with Gasteiger partial charge in [-0.05, 0) is 38.1 Å². The van der Waals surface area contributed by atoms with Crippen LogP contribution in [0.2, 0.25) is 0 Å². The predicted octanol–water partition coefficient (Wildman–Crippen LogP) is 3.92. The number of benzene rings is 2. The SMILES string of the molecule is CC(C)Nc1ccccc1C(=O)N(C)c1ccccc1F. The average molecular weight is 286 g/mol. The molecular formula is C17H19FN2O. The number of nitrogens with one attached hydrogen (secondary N) is 1. The molecule has 0 atom stereocenters. The van der Waals surface area contributed by atoms with Crippen molar-refractivity contribution in [3.05, 3.63) is 59.9 Å². The third kappa shape index (κ3) is 3.40. The van der Waals surface area contributed by atoms with E-state index < -0.39 is 5.82 Å². The van der Waals surface area contributed by atoms with Gasteiger partial charge in [-0.3, -0.25) is 4.79 Å². The van der Waals surface area contributed by atoms with Crippen molar-refractivity contribution in [2.45, 2.75) is 19.9 Å². The Labute approximate surface area is 124 Å². The van der Waals surface area contributed by atoms with Crippen LogP contribution in [0.3, 0.4) is 0 Å². The molecule has 1 amide bonds. The van der Waals surface area contributed by atoms with Crippen LogP contribution in [0, 0.1) is 5.82 Å². The summed E-state index contributed by atoms with van der Waals surface area (Å²) in [6, 6.07) is 13.7. The molecule has 0 aliphatic heterocycles. The second-order valence-corrected chi connectivity index (χ2v) is 5.16. The number of para-hydroxylation sites is 2. The Morgan fingerprint density at radius 2 is 1.71 bits per heavy atom. The molecule has 0 spiro atoms. The van der Waals surface area contributed by atoms with Gasteiger partial charge in [-0.25, -0.2) is 4.39 Å². The number of amides is 1. The predicted molar refractivity (Wildman–Crippen MR) is 84.3 cm³/mol. The third-order valence-electron chi connectivity index (χ3n) is 3.12. The van der Waals surface area contributed by atoms with Crippen LogP contribution < -0.4 is 10.2 Å². The van der Waals surface area contributed by atoms with Gasteiger partial charge in [0, 0.05) is 18.8 Å². The summed E-state index contributed by atoms with van der Waals surface area (Å²) in [5.41, 5.74) is 1.54. The molecule has 2 rings (SSSR count). The molecule has 0 saturated heterocycles. The molecular weight excluding hydrogens is 267 g/mol. The lowest BCUT2D eigenvalue weighted by atomic mass is 10.1. The van der Waals surface area contributed by atoms with Crippen molar-refractivity contribution in [2.24, 2.45) is 0 Å². The Kier molecular flexibility index (Phi) is 4.58. The van der Waals surface area contributed by atoms with Crippen LogP contribution in [0.4, 0.5) is 15.8 Å². The van der Waals surface area contributed by atoms with Gasteiger partial charge in [0.2, 0.25) is 0 Å². The van der Waals surface area contributed by atoms with Crippen LogP contribution in [0.5, 0.6) is 0 Å². The highest BCUT2D eigenvalue weighted by Gasteiger charge is 2.19. The smallest absolute Gasteiger partial charge is 0.260 e. The molecule has 0 aliphatic rings. The molecule has 3 nitrogen and oxygen atoms in total. The van der Waals surface area contributed by atoms with Crippen molar-refractivity contribution in [2.75, 3.05) is 17.3 Å². The maximum atomic E-state index is 13.8. The maximum absolute atomic E-state index is 13.8. The Hall–Kier alpha value is -2.36. The lowest BCUT2D eigenvalue weighted by Gasteiger charge is -2.21. The van der Waals surface area contributed by atoms with E-state index in [-0.39, 0.29) is 17.6 Å². The van der Waals surface area contributed by atoms with Crippen LogP contribution in [0.15, 0.2) is 48.5 Å². The van der Waals surface area contributed by atoms with Crippen molar-refractivity contribution in [1.82, 2.24) is 0 Å². The van der Waals surface area contributed by atoms with E-state index in [2.05, 4.69) is 5.32 Å². The summed E-state index contributed by atoms with van der Waals surface area (Å²) in [5.74, 6) is -0.661. The minimum absolute atomic E-state index is 0.206. The van der Waals surface area contributed by atoms with E-state index in [0.717, 1.165) is 5.69 Å². The molecule has 110 valence electrons. The first-order chi connectivity index (χ1) is 10.0. The van der Waals surface area contributed by atoms with Gasteiger partial charge in [-0.15, -0.1) is 0 Å². The third-order valence-corrected chi connectivity index (χ3v) is 3.12. The second kappa shape index (κ2) is 6.39. The Morgan fingerprint density at radius 3 is 2.38 bits per heavy atom. The molecule has 2 aromatic carbocycles. The molecule has 0 aromatic heterocycles. The van der Waals surface area contributed by atoms with E-state index in [0.29, 0.717) is 5.56 Å². The monoisotopic (exact) mass is 286 g/mol. The first-order valence-corrected chi connectivity index (χ1v) is 6.89. The van der Waals surface area contributed by atoms with Gasteiger partial charge in [0.25, 0.3) is 5.91 Å². The standard InChI is InChI=1S/C17H19FN2O/c1-12(2)19-15-10-6-4-8-13(15)17(21)20(3)16-11-7-5-9-14(16)18/h4-12,19H,1-3H3. The zero-order valence-electron chi connectivity index (χ0n) is 12.4. The van der Waals surface area contributed by atoms with Gasteiger partial charge >= 0.3 is 0 Å². The molecule has 0 saturated carbocycles. The number of hydrogen-bond donors (Lipinski definition) is 1. The number of halogens is 1. The summed E-state index contributed by atoms with van der Waals surface area (Å²) in [6.07, 6.45) is 0. The lowest BCUT2D eigenvalue weighted by molar-refractivity contribution is 0.0993. The van der Waals surface area contributed by atoms with Crippen molar-refractivity contribution in [3.63, 3.8) is 0 Å². The summed E-state index contributed by atoms with van der Waals surface area (Å²) in [7, 11) is 1.58. The van der Waals surface area contributed by atoms with E-state index in [1.807, 2.05) is 26.0 Å². The van der Waals surface area contributed by atoms with Crippen LogP contribution >= 0.6 is 0 Å². The normalized spacial score (nSPS) is 10.5. The number of anilines is 2. The van der Waals surface area contributed by atoms with Crippen LogP contribution in [0.25, 0.3) is 0 Å². The molecule has 4 heteroatoms. The Bertz CT molecular complexity index is 640. The van der Waals surface area contributed by atoms with E-state index in [1.54, 1.807) is 37.4 Å². The molecule has 0 radical (unpaired) electrons. The van der Waals surface area contributed by atoms with Crippen molar-refractivity contribution < 1.29 is 9.18 Å². The van der Waals surface area contributed by atoms with E-state index in [1.165, 1.54) is 11.0 Å². The second-order valence-electron chi connectivity index (χ2n) is 5.16. The quantitative estimate of drug-likeness (QED) is 0.923. The van der Waals surface area contributed by atoms with Gasteiger partial charge < -0.3 is 10.2 Å². The molecule has 0 heterocycles. The van der Waals surface area contributed by atoms with E-state index in [4.69, 9.17) is 0 Å². The van der Waals surface area contributed by atoms with Crippen LogP contribution in [0.1, 0.15) is 24.2 Å². The summed E-state index contributed by atoms with van der Waals surface area (Å²) in [4.78, 5) is 13.9. The number of rotatable bonds is 4. The van der Waals surface area contributed by atoms with Crippen LogP contribution in [-0.2, 0) is 0 Å². The zero-order valence-corrected chi connectivity index (χ0v) is 12.4. The molecule has 0 unspecified atom stereocenters. The minimum atomic E-state index is -0.414. The zero-order chi connectivity index (χ0) is 15.4. The molecule has 0 bridgehead atoms. The minimum Gasteiger partial charge on any atom is -0.382 e. The highest BCUT2D eigenvalue weighted by molar-refractivity contribution is 6.09. The highest BCUT2D eigenvalue weighted by atomic mass is 19.1. The lowest BCUT2D eigenvalue weighted by Crippen LogP contribution is -2.28. The van der Waals surface area contributed by atoms with Crippen LogP contribution in [-0.4, -0.2) is 19.0 Å². The fourth-order valence-corrected chi connectivity index (χ4v) is 2.12. The van der Waals surface area contributed by atoms with E-state index >= 15 is 0 Å². The summed E-state index contributed by atoms with van der Waals surface area (Å²) in [5, 5.41) is 3.23. The number of nitrogens with zero attached hydrogens (tertiary/aromatic N) is 1. The maximum Gasteiger partial charge on any atom is 0.260 e. The summed E-state index contributed by atoms with van der Waals surface area (Å²) in [6.45, 7) is 4.00. The summed E-state index contributed by atoms with van der Waals surface area (Å²) < 4.78 is 13.8. The number of hydrogen-bond acceptors (Lipinski definition) is 2. The molecule has 2 aromatic rings. The van der Waals surface area contributed by atoms with Crippen molar-refractivity contribution >= 4 is 17.3 Å². The van der Waals surface area contributed by atoms with Gasteiger partial charge in [0.05, 0.1) is 11.3 Å². The van der Waals surface area contributed by atoms with Gasteiger partial charge in [-0.1, -0.05) is 24.3 Å². The molecule has 1 N–H and O–H groups in total. The number of carbonyl (C=O) groups excluding carboxylic acids is 1. The summed E-state index contributed by atoms with van der Waals surface area (Å²) >= 11 is 0. The fourth-order valence-electron chi connectivity index (χ4n) is 2.12. The van der Waals surface area contributed by atoms with Crippen molar-refractivity contribution in [3.8, 4) is 0 Å². The van der Waals surface area contributed by atoms with Gasteiger partial charge in [0.15, 0.2) is 0 Å². The van der Waals surface area contributed by atoms with Gasteiger partial charge in [-0.2, -0.15) is 0 Å². The Balaban J connectivity index is 2.34. The first kappa shape index (κ1) is 15.0. The van der Waals surface area contributed by atoms with E-state index in [9.17, 15) is 9.18 Å². The highest BCUT2D eigenvalue weighted by Crippen LogP contribution is 2.23. The largest absolute Gasteiger partial charge is 0.382 e. The number of carbonyl (C=O) groups is 1. The first-order valence-electron chi connectivity index (χ1n) is 6.89. The molecule has 0 aliphatic carbocycles. The topological polar surface area (TPSA) is 32.3 Å². The van der Waals surface area contributed by atoms with Gasteiger partial charge in [0.1, 0.15) is 5.82 Å². The average Bonchev–Trinajstić information content (AvgIpc) is 2.46. The fraction of sp³-hybridized carbons (Fsp3) is 0.235.